The average molecular weight is 275 g/mol. The molecular formula is C12H16Cl2N2O. The van der Waals surface area contributed by atoms with Crippen LogP contribution in [0.3, 0.4) is 0 Å². The number of hydrogen-bond acceptors (Lipinski definition) is 2. The number of amides is 1. The van der Waals surface area contributed by atoms with Gasteiger partial charge in [0.05, 0.1) is 10.6 Å². The molecule has 1 aliphatic heterocycles. The number of carbonyl (C=O) groups excluding carboxylic acids is 1. The van der Waals surface area contributed by atoms with Gasteiger partial charge in [0.15, 0.2) is 0 Å². The Balaban J connectivity index is 0.00000144. The van der Waals surface area contributed by atoms with Crippen LogP contribution in [0.1, 0.15) is 10.4 Å². The highest BCUT2D eigenvalue weighted by Crippen LogP contribution is 2.17. The third-order valence-corrected chi connectivity index (χ3v) is 3.22. The van der Waals surface area contributed by atoms with E-state index in [-0.39, 0.29) is 18.3 Å². The van der Waals surface area contributed by atoms with Crippen LogP contribution in [0.2, 0.25) is 5.02 Å². The predicted molar refractivity (Wildman–Crippen MR) is 72.1 cm³/mol. The Morgan fingerprint density at radius 1 is 1.18 bits per heavy atom. The maximum atomic E-state index is 12.2. The van der Waals surface area contributed by atoms with Crippen LogP contribution in [-0.4, -0.2) is 48.9 Å². The van der Waals surface area contributed by atoms with Gasteiger partial charge < -0.3 is 9.80 Å². The van der Waals surface area contributed by atoms with E-state index in [1.54, 1.807) is 12.1 Å². The molecule has 1 amide bonds. The molecule has 1 aromatic rings. The van der Waals surface area contributed by atoms with Gasteiger partial charge in [-0.2, -0.15) is 0 Å². The summed E-state index contributed by atoms with van der Waals surface area (Å²) < 4.78 is 0. The van der Waals surface area contributed by atoms with Crippen molar-refractivity contribution in [1.29, 1.82) is 0 Å². The zero-order chi connectivity index (χ0) is 11.5. The van der Waals surface area contributed by atoms with E-state index in [9.17, 15) is 4.79 Å². The molecule has 17 heavy (non-hydrogen) atoms. The van der Waals surface area contributed by atoms with Crippen molar-refractivity contribution in [2.24, 2.45) is 0 Å². The maximum absolute atomic E-state index is 12.2. The first-order valence-corrected chi connectivity index (χ1v) is 5.78. The molecule has 5 heteroatoms. The molecule has 1 aliphatic rings. The zero-order valence-electron chi connectivity index (χ0n) is 9.73. The summed E-state index contributed by atoms with van der Waals surface area (Å²) in [6.07, 6.45) is 0. The van der Waals surface area contributed by atoms with E-state index >= 15 is 0 Å². The summed E-state index contributed by atoms with van der Waals surface area (Å²) in [4.78, 5) is 16.2. The van der Waals surface area contributed by atoms with Gasteiger partial charge in [-0.05, 0) is 19.2 Å². The van der Waals surface area contributed by atoms with Gasteiger partial charge in [0.2, 0.25) is 0 Å². The van der Waals surface area contributed by atoms with Crippen molar-refractivity contribution in [2.45, 2.75) is 0 Å². The first kappa shape index (κ1) is 14.3. The number of halogens is 2. The Kier molecular flexibility index (Phi) is 5.25. The second-order valence-corrected chi connectivity index (χ2v) is 4.48. The summed E-state index contributed by atoms with van der Waals surface area (Å²) in [7, 11) is 2.07. The molecule has 0 aliphatic carbocycles. The molecule has 0 spiro atoms. The largest absolute Gasteiger partial charge is 0.336 e. The number of rotatable bonds is 1. The summed E-state index contributed by atoms with van der Waals surface area (Å²) >= 11 is 6.01. The molecule has 0 N–H and O–H groups in total. The molecule has 3 nitrogen and oxygen atoms in total. The minimum Gasteiger partial charge on any atom is -0.336 e. The molecule has 1 fully saturated rings. The van der Waals surface area contributed by atoms with Gasteiger partial charge in [-0.25, -0.2) is 0 Å². The van der Waals surface area contributed by atoms with Gasteiger partial charge in [0.1, 0.15) is 0 Å². The Bertz CT molecular complexity index is 390. The number of likely N-dealkylation sites (N-methyl/N-ethyl adjacent to an activating group) is 1. The molecule has 1 saturated heterocycles. The zero-order valence-corrected chi connectivity index (χ0v) is 11.3. The van der Waals surface area contributed by atoms with Crippen LogP contribution in [0.25, 0.3) is 0 Å². The van der Waals surface area contributed by atoms with E-state index < -0.39 is 0 Å². The number of carbonyl (C=O) groups is 1. The number of hydrogen-bond donors (Lipinski definition) is 0. The molecule has 94 valence electrons. The van der Waals surface area contributed by atoms with Crippen molar-refractivity contribution < 1.29 is 4.79 Å². The summed E-state index contributed by atoms with van der Waals surface area (Å²) in [6, 6.07) is 7.21. The monoisotopic (exact) mass is 274 g/mol. The lowest BCUT2D eigenvalue weighted by Crippen LogP contribution is -2.47. The predicted octanol–water partition coefficient (Wildman–Crippen LogP) is 2.15. The third kappa shape index (κ3) is 3.35. The quantitative estimate of drug-likeness (QED) is 0.784. The second kappa shape index (κ2) is 6.24. The molecule has 0 radical (unpaired) electrons. The minimum atomic E-state index is 0. The molecule has 0 atom stereocenters. The van der Waals surface area contributed by atoms with E-state index in [1.807, 2.05) is 17.0 Å². The van der Waals surface area contributed by atoms with Crippen molar-refractivity contribution in [3.05, 3.63) is 34.9 Å². The third-order valence-electron chi connectivity index (χ3n) is 2.89. The Morgan fingerprint density at radius 2 is 1.76 bits per heavy atom. The summed E-state index contributed by atoms with van der Waals surface area (Å²) in [5.41, 5.74) is 0.605. The van der Waals surface area contributed by atoms with Gasteiger partial charge in [-0.1, -0.05) is 23.7 Å². The van der Waals surface area contributed by atoms with E-state index in [2.05, 4.69) is 11.9 Å². The van der Waals surface area contributed by atoms with Crippen molar-refractivity contribution in [1.82, 2.24) is 9.80 Å². The Morgan fingerprint density at radius 3 is 2.35 bits per heavy atom. The standard InChI is InChI=1S/C12H15ClN2O.ClH/c1-14-6-8-15(9-7-14)12(16)10-4-2-3-5-11(10)13;/h2-5H,6-9H2,1H3;1H. The molecule has 0 unspecified atom stereocenters. The first-order chi connectivity index (χ1) is 7.68. The van der Waals surface area contributed by atoms with Crippen LogP contribution >= 0.6 is 24.0 Å². The Labute approximate surface area is 113 Å². The van der Waals surface area contributed by atoms with E-state index in [0.29, 0.717) is 10.6 Å². The van der Waals surface area contributed by atoms with Gasteiger partial charge >= 0.3 is 0 Å². The molecule has 0 aromatic heterocycles. The lowest BCUT2D eigenvalue weighted by molar-refractivity contribution is 0.0664. The summed E-state index contributed by atoms with van der Waals surface area (Å²) in [5, 5.41) is 0.534. The minimum absolute atomic E-state index is 0. The average Bonchev–Trinajstić information content (AvgIpc) is 2.30. The molecule has 2 rings (SSSR count). The SMILES string of the molecule is CN1CCN(C(=O)c2ccccc2Cl)CC1.Cl. The smallest absolute Gasteiger partial charge is 0.255 e. The highest BCUT2D eigenvalue weighted by atomic mass is 35.5. The van der Waals surface area contributed by atoms with Crippen molar-refractivity contribution in [3.63, 3.8) is 0 Å². The van der Waals surface area contributed by atoms with Gasteiger partial charge in [0.25, 0.3) is 5.91 Å². The van der Waals surface area contributed by atoms with Crippen molar-refractivity contribution in [3.8, 4) is 0 Å². The van der Waals surface area contributed by atoms with Crippen LogP contribution in [0, 0.1) is 0 Å². The van der Waals surface area contributed by atoms with Gasteiger partial charge in [-0.15, -0.1) is 12.4 Å². The number of benzene rings is 1. The van der Waals surface area contributed by atoms with Gasteiger partial charge in [0, 0.05) is 26.2 Å². The number of nitrogens with zero attached hydrogens (tertiary/aromatic N) is 2. The second-order valence-electron chi connectivity index (χ2n) is 4.08. The van der Waals surface area contributed by atoms with Crippen LogP contribution < -0.4 is 0 Å². The highest BCUT2D eigenvalue weighted by molar-refractivity contribution is 6.33. The molecule has 0 bridgehead atoms. The lowest BCUT2D eigenvalue weighted by Gasteiger charge is -2.32. The van der Waals surface area contributed by atoms with E-state index in [4.69, 9.17) is 11.6 Å². The highest BCUT2D eigenvalue weighted by Gasteiger charge is 2.21. The number of piperazine rings is 1. The van der Waals surface area contributed by atoms with Gasteiger partial charge in [-0.3, -0.25) is 4.79 Å². The molecule has 1 heterocycles. The fourth-order valence-electron chi connectivity index (χ4n) is 1.81. The topological polar surface area (TPSA) is 23.6 Å². The van der Waals surface area contributed by atoms with Crippen molar-refractivity contribution in [2.75, 3.05) is 33.2 Å². The fraction of sp³-hybridized carbons (Fsp3) is 0.417. The molecule has 1 aromatic carbocycles. The van der Waals surface area contributed by atoms with Crippen LogP contribution in [-0.2, 0) is 0 Å². The molecule has 0 saturated carbocycles. The van der Waals surface area contributed by atoms with Crippen LogP contribution in [0.4, 0.5) is 0 Å². The maximum Gasteiger partial charge on any atom is 0.255 e. The van der Waals surface area contributed by atoms with Crippen molar-refractivity contribution >= 4 is 29.9 Å². The van der Waals surface area contributed by atoms with Crippen LogP contribution in [0.5, 0.6) is 0 Å². The lowest BCUT2D eigenvalue weighted by atomic mass is 10.2. The van der Waals surface area contributed by atoms with E-state index in [0.717, 1.165) is 26.2 Å². The summed E-state index contributed by atoms with van der Waals surface area (Å²) in [5.74, 6) is 0.0405. The first-order valence-electron chi connectivity index (χ1n) is 5.41. The van der Waals surface area contributed by atoms with E-state index in [1.165, 1.54) is 0 Å². The van der Waals surface area contributed by atoms with Crippen LogP contribution in [0.15, 0.2) is 24.3 Å². The summed E-state index contributed by atoms with van der Waals surface area (Å²) in [6.45, 7) is 3.41. The normalized spacial score (nSPS) is 16.5. The molecular weight excluding hydrogens is 259 g/mol. The fourth-order valence-corrected chi connectivity index (χ4v) is 2.03. The Hall–Kier alpha value is -0.770.